The first-order valence-corrected chi connectivity index (χ1v) is 8.90. The number of nitrogens with one attached hydrogen (secondary N) is 1. The molecule has 4 aromatic rings. The largest absolute Gasteiger partial charge is 0.326 e. The van der Waals surface area contributed by atoms with E-state index in [1.165, 1.54) is 11.3 Å². The van der Waals surface area contributed by atoms with Crippen molar-refractivity contribution in [2.45, 2.75) is 0 Å². The van der Waals surface area contributed by atoms with Crippen molar-refractivity contribution in [2.24, 2.45) is 7.05 Å². The number of para-hydroxylation sites is 2. The van der Waals surface area contributed by atoms with Crippen molar-refractivity contribution in [1.82, 2.24) is 9.55 Å². The Balaban J connectivity index is 1.63. The van der Waals surface area contributed by atoms with Crippen molar-refractivity contribution >= 4 is 45.6 Å². The molecule has 25 heavy (non-hydrogen) atoms. The minimum absolute atomic E-state index is 0.155. The fraction of sp³-hybridized carbons (Fsp3) is 0.0526. The summed E-state index contributed by atoms with van der Waals surface area (Å²) >= 11 is 7.37. The van der Waals surface area contributed by atoms with E-state index in [2.05, 4.69) is 10.3 Å². The molecular weight excluding hydrogens is 354 g/mol. The number of carbonyl (C=O) groups excluding carboxylic acids is 1. The number of aryl methyl sites for hydroxylation is 1. The van der Waals surface area contributed by atoms with Gasteiger partial charge in [-0.2, -0.15) is 0 Å². The van der Waals surface area contributed by atoms with Gasteiger partial charge in [-0.05, 0) is 42.5 Å². The Hall–Kier alpha value is -2.63. The first-order valence-electron chi connectivity index (χ1n) is 7.70. The first-order chi connectivity index (χ1) is 12.1. The minimum atomic E-state index is -0.155. The third-order valence-corrected chi connectivity index (χ3v) is 5.23. The molecule has 0 saturated carbocycles. The summed E-state index contributed by atoms with van der Waals surface area (Å²) < 4.78 is 2.04. The quantitative estimate of drug-likeness (QED) is 0.540. The van der Waals surface area contributed by atoms with Crippen molar-refractivity contribution in [1.29, 1.82) is 0 Å². The number of thiophene rings is 1. The molecule has 0 aliphatic rings. The van der Waals surface area contributed by atoms with E-state index >= 15 is 0 Å². The van der Waals surface area contributed by atoms with E-state index in [1.54, 1.807) is 18.2 Å². The number of amides is 1. The summed E-state index contributed by atoms with van der Waals surface area (Å²) in [6.45, 7) is 0. The molecule has 0 unspecified atom stereocenters. The molecule has 2 aromatic carbocycles. The number of imidazole rings is 1. The van der Waals surface area contributed by atoms with Crippen LogP contribution < -0.4 is 5.32 Å². The predicted octanol–water partition coefficient (Wildman–Crippen LogP) is 5.21. The highest BCUT2D eigenvalue weighted by molar-refractivity contribution is 7.17. The molecule has 0 bridgehead atoms. The zero-order valence-corrected chi connectivity index (χ0v) is 14.9. The molecule has 124 valence electrons. The highest BCUT2D eigenvalue weighted by Crippen LogP contribution is 2.30. The molecular formula is C19H14ClN3OS. The lowest BCUT2D eigenvalue weighted by Gasteiger charge is -2.03. The number of rotatable bonds is 3. The lowest BCUT2D eigenvalue weighted by atomic mass is 10.3. The van der Waals surface area contributed by atoms with Crippen LogP contribution in [-0.2, 0) is 7.05 Å². The monoisotopic (exact) mass is 367 g/mol. The van der Waals surface area contributed by atoms with Crippen LogP contribution in [0.4, 0.5) is 5.69 Å². The topological polar surface area (TPSA) is 46.9 Å². The van der Waals surface area contributed by atoms with Gasteiger partial charge in [0.1, 0.15) is 0 Å². The van der Waals surface area contributed by atoms with Gasteiger partial charge >= 0.3 is 0 Å². The smallest absolute Gasteiger partial charge is 0.265 e. The molecule has 6 heteroatoms. The number of aromatic nitrogens is 2. The average Bonchev–Trinajstić information content (AvgIpc) is 3.20. The van der Waals surface area contributed by atoms with Crippen LogP contribution in [0, 0.1) is 0 Å². The molecule has 0 radical (unpaired) electrons. The van der Waals surface area contributed by atoms with Gasteiger partial charge in [0.2, 0.25) is 0 Å². The van der Waals surface area contributed by atoms with Crippen molar-refractivity contribution in [3.63, 3.8) is 0 Å². The maximum atomic E-state index is 12.5. The summed E-state index contributed by atoms with van der Waals surface area (Å²) in [5.41, 5.74) is 2.68. The summed E-state index contributed by atoms with van der Waals surface area (Å²) in [6.07, 6.45) is 0. The van der Waals surface area contributed by atoms with Gasteiger partial charge in [0.05, 0.1) is 20.8 Å². The molecule has 4 nitrogen and oxygen atoms in total. The van der Waals surface area contributed by atoms with Gasteiger partial charge in [0.25, 0.3) is 5.91 Å². The number of hydrogen-bond donors (Lipinski definition) is 1. The van der Waals surface area contributed by atoms with Crippen LogP contribution in [0.2, 0.25) is 5.02 Å². The van der Waals surface area contributed by atoms with Gasteiger partial charge in [-0.1, -0.05) is 29.8 Å². The van der Waals surface area contributed by atoms with Gasteiger partial charge in [-0.3, -0.25) is 4.79 Å². The average molecular weight is 368 g/mol. The zero-order chi connectivity index (χ0) is 17.4. The number of fused-ring (bicyclic) bond motifs is 1. The van der Waals surface area contributed by atoms with Crippen LogP contribution in [0.15, 0.2) is 60.7 Å². The summed E-state index contributed by atoms with van der Waals surface area (Å²) in [5.74, 6) is 0.699. The van der Waals surface area contributed by atoms with Crippen LogP contribution >= 0.6 is 22.9 Å². The molecule has 0 aliphatic heterocycles. The highest BCUT2D eigenvalue weighted by atomic mass is 35.5. The fourth-order valence-corrected chi connectivity index (χ4v) is 3.82. The van der Waals surface area contributed by atoms with Gasteiger partial charge in [-0.15, -0.1) is 11.3 Å². The van der Waals surface area contributed by atoms with E-state index in [4.69, 9.17) is 11.6 Å². The molecule has 0 fully saturated rings. The second-order valence-corrected chi connectivity index (χ2v) is 7.13. The molecule has 4 rings (SSSR count). The van der Waals surface area contributed by atoms with Crippen molar-refractivity contribution in [2.75, 3.05) is 5.32 Å². The standard InChI is InChI=1S/C19H14ClN3OS/c1-23-15-8-3-2-7-14(15)22-18(23)16-9-10-17(25-16)19(24)21-13-6-4-5-12(20)11-13/h2-11H,1H3,(H,21,24). The number of anilines is 1. The molecule has 0 saturated heterocycles. The summed E-state index contributed by atoms with van der Waals surface area (Å²) in [5, 5.41) is 3.45. The minimum Gasteiger partial charge on any atom is -0.326 e. The number of hydrogen-bond acceptors (Lipinski definition) is 3. The van der Waals surface area contributed by atoms with E-state index in [1.807, 2.05) is 54.1 Å². The van der Waals surface area contributed by atoms with Crippen LogP contribution in [0.3, 0.4) is 0 Å². The Labute approximate surface area is 153 Å². The normalized spacial score (nSPS) is 11.0. The second kappa shape index (κ2) is 6.35. The summed E-state index contributed by atoms with van der Waals surface area (Å²) in [7, 11) is 1.98. The Bertz CT molecular complexity index is 1080. The number of halogens is 1. The Morgan fingerprint density at radius 2 is 1.96 bits per heavy atom. The van der Waals surface area contributed by atoms with Crippen LogP contribution in [0.5, 0.6) is 0 Å². The molecule has 1 N–H and O–H groups in total. The number of benzene rings is 2. The fourth-order valence-electron chi connectivity index (χ4n) is 2.70. The van der Waals surface area contributed by atoms with Crippen LogP contribution in [0.25, 0.3) is 21.7 Å². The van der Waals surface area contributed by atoms with Gasteiger partial charge < -0.3 is 9.88 Å². The molecule has 0 spiro atoms. The predicted molar refractivity (Wildman–Crippen MR) is 103 cm³/mol. The summed E-state index contributed by atoms with van der Waals surface area (Å²) in [4.78, 5) is 18.7. The summed E-state index contributed by atoms with van der Waals surface area (Å²) in [6, 6.07) is 18.8. The highest BCUT2D eigenvalue weighted by Gasteiger charge is 2.15. The Kier molecular flexibility index (Phi) is 4.03. The van der Waals surface area contributed by atoms with Crippen molar-refractivity contribution in [3.05, 3.63) is 70.6 Å². The molecule has 2 aromatic heterocycles. The van der Waals surface area contributed by atoms with E-state index in [-0.39, 0.29) is 5.91 Å². The maximum absolute atomic E-state index is 12.5. The first kappa shape index (κ1) is 15.9. The van der Waals surface area contributed by atoms with Gasteiger partial charge in [0.15, 0.2) is 5.82 Å². The molecule has 2 heterocycles. The maximum Gasteiger partial charge on any atom is 0.265 e. The van der Waals surface area contributed by atoms with E-state index in [0.29, 0.717) is 15.6 Å². The molecule has 0 aliphatic carbocycles. The van der Waals surface area contributed by atoms with Gasteiger partial charge in [-0.25, -0.2) is 4.98 Å². The van der Waals surface area contributed by atoms with Crippen LogP contribution in [-0.4, -0.2) is 15.5 Å². The van der Waals surface area contributed by atoms with Crippen molar-refractivity contribution < 1.29 is 4.79 Å². The lowest BCUT2D eigenvalue weighted by molar-refractivity contribution is 0.103. The molecule has 0 atom stereocenters. The van der Waals surface area contributed by atoms with E-state index in [9.17, 15) is 4.79 Å². The number of carbonyl (C=O) groups is 1. The third kappa shape index (κ3) is 3.04. The lowest BCUT2D eigenvalue weighted by Crippen LogP contribution is -2.09. The van der Waals surface area contributed by atoms with Crippen molar-refractivity contribution in [3.8, 4) is 10.7 Å². The number of nitrogens with zero attached hydrogens (tertiary/aromatic N) is 2. The van der Waals surface area contributed by atoms with E-state index in [0.717, 1.165) is 21.7 Å². The van der Waals surface area contributed by atoms with E-state index < -0.39 is 0 Å². The molecule has 1 amide bonds. The Morgan fingerprint density at radius 1 is 1.12 bits per heavy atom. The zero-order valence-electron chi connectivity index (χ0n) is 13.4. The third-order valence-electron chi connectivity index (χ3n) is 3.92. The SMILES string of the molecule is Cn1c(-c2ccc(C(=O)Nc3cccc(Cl)c3)s2)nc2ccccc21. The van der Waals surface area contributed by atoms with Gasteiger partial charge in [0, 0.05) is 17.8 Å². The Morgan fingerprint density at radius 3 is 2.76 bits per heavy atom. The second-order valence-electron chi connectivity index (χ2n) is 5.61. The van der Waals surface area contributed by atoms with Crippen LogP contribution in [0.1, 0.15) is 9.67 Å².